The van der Waals surface area contributed by atoms with E-state index in [1.165, 1.54) is 6.21 Å². The highest BCUT2D eigenvalue weighted by Gasteiger charge is 2.24. The summed E-state index contributed by atoms with van der Waals surface area (Å²) in [4.78, 5) is 9.28. The topological polar surface area (TPSA) is 121 Å². The Balaban J connectivity index is 2.38. The Morgan fingerprint density at radius 1 is 1.23 bits per heavy atom. The molecule has 2 heterocycles. The van der Waals surface area contributed by atoms with Crippen molar-refractivity contribution in [2.45, 2.75) is 26.2 Å². The van der Waals surface area contributed by atoms with Gasteiger partial charge in [-0.2, -0.15) is 0 Å². The lowest BCUT2D eigenvalue weighted by Crippen LogP contribution is -2.35. The Labute approximate surface area is 184 Å². The smallest absolute Gasteiger partial charge is 0.132 e. The number of nitrogens with one attached hydrogen (secondary N) is 4. The molecule has 8 heteroatoms. The van der Waals surface area contributed by atoms with Crippen molar-refractivity contribution in [3.63, 3.8) is 0 Å². The number of nitrogens with two attached hydrogens (primary N) is 1. The van der Waals surface area contributed by atoms with E-state index in [1.54, 1.807) is 13.3 Å². The Kier molecular flexibility index (Phi) is 8.13. The van der Waals surface area contributed by atoms with E-state index in [2.05, 4.69) is 34.8 Å². The molecule has 0 radical (unpaired) electrons. The number of nitrogens with zero attached hydrogens (tertiary/aromatic N) is 2. The van der Waals surface area contributed by atoms with Crippen molar-refractivity contribution in [2.75, 3.05) is 39.7 Å². The van der Waals surface area contributed by atoms with Gasteiger partial charge in [0, 0.05) is 43.9 Å². The van der Waals surface area contributed by atoms with Crippen LogP contribution in [-0.2, 0) is 10.2 Å². The normalized spacial score (nSPS) is 14.9. The van der Waals surface area contributed by atoms with Gasteiger partial charge in [-0.05, 0) is 55.6 Å². The number of fused-ring (bicyclic) bond motifs is 1. The standard InChI is InChI=1S/C23H35N7O/c1-22(2,15-31-6)16(11-24)10-21(27-5)30-20-8-7-18-19(29-20)9-17(12-28-18)23(3,13-25)14-26-4/h7-13,25-27H,14-15,24H2,1-6H3,(H,29,30). The van der Waals surface area contributed by atoms with E-state index in [4.69, 9.17) is 20.9 Å². The lowest BCUT2D eigenvalue weighted by atomic mass is 9.84. The molecule has 168 valence electrons. The molecule has 0 aliphatic rings. The highest BCUT2D eigenvalue weighted by atomic mass is 16.5. The van der Waals surface area contributed by atoms with E-state index < -0.39 is 5.41 Å². The van der Waals surface area contributed by atoms with Gasteiger partial charge in [0.15, 0.2) is 0 Å². The fourth-order valence-electron chi connectivity index (χ4n) is 3.37. The molecule has 1 unspecified atom stereocenters. The van der Waals surface area contributed by atoms with Gasteiger partial charge in [-0.1, -0.05) is 13.8 Å². The summed E-state index contributed by atoms with van der Waals surface area (Å²) >= 11 is 0. The minimum absolute atomic E-state index is 0.243. The Morgan fingerprint density at radius 3 is 2.55 bits per heavy atom. The van der Waals surface area contributed by atoms with E-state index in [0.29, 0.717) is 19.0 Å². The van der Waals surface area contributed by atoms with Crippen LogP contribution >= 0.6 is 0 Å². The van der Waals surface area contributed by atoms with Crippen molar-refractivity contribution in [3.05, 3.63) is 53.6 Å². The minimum Gasteiger partial charge on any atom is -0.404 e. The molecule has 0 spiro atoms. The molecule has 6 N–H and O–H groups in total. The molecule has 2 rings (SSSR count). The number of methoxy groups -OCH3 is 1. The van der Waals surface area contributed by atoms with Crippen LogP contribution in [0.2, 0.25) is 0 Å². The van der Waals surface area contributed by atoms with E-state index >= 15 is 0 Å². The monoisotopic (exact) mass is 425 g/mol. The Morgan fingerprint density at radius 2 is 1.97 bits per heavy atom. The maximum Gasteiger partial charge on any atom is 0.132 e. The van der Waals surface area contributed by atoms with Crippen LogP contribution in [-0.4, -0.2) is 50.5 Å². The van der Waals surface area contributed by atoms with Crippen molar-refractivity contribution < 1.29 is 4.74 Å². The number of allylic oxidation sites excluding steroid dienone is 1. The largest absolute Gasteiger partial charge is 0.404 e. The van der Waals surface area contributed by atoms with Crippen molar-refractivity contribution in [3.8, 4) is 0 Å². The second-order valence-electron chi connectivity index (χ2n) is 8.42. The number of rotatable bonds is 11. The maximum atomic E-state index is 7.86. The van der Waals surface area contributed by atoms with Crippen molar-refractivity contribution >= 4 is 23.1 Å². The van der Waals surface area contributed by atoms with E-state index in [-0.39, 0.29) is 5.41 Å². The summed E-state index contributed by atoms with van der Waals surface area (Å²) in [6.07, 6.45) is 6.81. The first-order chi connectivity index (χ1) is 14.7. The van der Waals surface area contributed by atoms with Crippen LogP contribution in [0.25, 0.3) is 11.0 Å². The number of hydrogen-bond donors (Lipinski definition) is 5. The first-order valence-electron chi connectivity index (χ1n) is 10.2. The quantitative estimate of drug-likeness (QED) is 0.277. The molecular weight excluding hydrogens is 390 g/mol. The summed E-state index contributed by atoms with van der Waals surface area (Å²) in [7, 11) is 5.39. The van der Waals surface area contributed by atoms with Gasteiger partial charge in [0.25, 0.3) is 0 Å². The van der Waals surface area contributed by atoms with E-state index in [1.807, 2.05) is 51.5 Å². The fourth-order valence-corrected chi connectivity index (χ4v) is 3.37. The van der Waals surface area contributed by atoms with Crippen LogP contribution in [0, 0.1) is 10.8 Å². The number of ether oxygens (including phenoxy) is 1. The van der Waals surface area contributed by atoms with Crippen LogP contribution in [0.4, 0.5) is 5.82 Å². The van der Waals surface area contributed by atoms with Crippen LogP contribution in [0.5, 0.6) is 0 Å². The molecule has 31 heavy (non-hydrogen) atoms. The SMILES string of the molecule is CNCC(C)(C=N)c1cnc2ccc(NC(=CC(=CN)C(C)(C)COC)NC)nc2c1. The summed E-state index contributed by atoms with van der Waals surface area (Å²) in [5.41, 5.74) is 8.62. The van der Waals surface area contributed by atoms with E-state index in [0.717, 1.165) is 28.0 Å². The zero-order valence-corrected chi connectivity index (χ0v) is 19.3. The van der Waals surface area contributed by atoms with Gasteiger partial charge in [0.1, 0.15) is 11.6 Å². The van der Waals surface area contributed by atoms with Crippen LogP contribution in [0.1, 0.15) is 26.3 Å². The van der Waals surface area contributed by atoms with Crippen LogP contribution < -0.4 is 21.7 Å². The highest BCUT2D eigenvalue weighted by molar-refractivity contribution is 5.79. The lowest BCUT2D eigenvalue weighted by Gasteiger charge is -2.26. The van der Waals surface area contributed by atoms with Gasteiger partial charge in [-0.25, -0.2) is 4.98 Å². The predicted octanol–water partition coefficient (Wildman–Crippen LogP) is 2.74. The second-order valence-corrected chi connectivity index (χ2v) is 8.42. The van der Waals surface area contributed by atoms with Gasteiger partial charge in [-0.15, -0.1) is 0 Å². The molecule has 0 aliphatic heterocycles. The Hall–Kier alpha value is -2.97. The van der Waals surface area contributed by atoms with Gasteiger partial charge >= 0.3 is 0 Å². The molecule has 2 aromatic heterocycles. The number of anilines is 1. The molecule has 0 saturated carbocycles. The molecule has 0 aliphatic carbocycles. The van der Waals surface area contributed by atoms with Crippen LogP contribution in [0.3, 0.4) is 0 Å². The average Bonchev–Trinajstić information content (AvgIpc) is 2.75. The average molecular weight is 426 g/mol. The molecule has 0 bridgehead atoms. The van der Waals surface area contributed by atoms with E-state index in [9.17, 15) is 0 Å². The molecule has 0 saturated heterocycles. The molecule has 8 nitrogen and oxygen atoms in total. The zero-order valence-electron chi connectivity index (χ0n) is 19.3. The fraction of sp³-hybridized carbons (Fsp3) is 0.435. The molecular formula is C23H35N7O. The van der Waals surface area contributed by atoms with Crippen molar-refractivity contribution in [1.82, 2.24) is 20.6 Å². The van der Waals surface area contributed by atoms with Crippen molar-refractivity contribution in [1.29, 1.82) is 5.41 Å². The first kappa shape index (κ1) is 24.3. The van der Waals surface area contributed by atoms with Crippen LogP contribution in [0.15, 0.2) is 48.1 Å². The van der Waals surface area contributed by atoms with Gasteiger partial charge in [-0.3, -0.25) is 4.98 Å². The third-order valence-electron chi connectivity index (χ3n) is 5.36. The summed E-state index contributed by atoms with van der Waals surface area (Å²) < 4.78 is 5.33. The lowest BCUT2D eigenvalue weighted by molar-refractivity contribution is 0.128. The second kappa shape index (κ2) is 10.4. The summed E-state index contributed by atoms with van der Waals surface area (Å²) in [6.45, 7) is 7.34. The van der Waals surface area contributed by atoms with Crippen molar-refractivity contribution in [2.24, 2.45) is 11.1 Å². The third kappa shape index (κ3) is 5.80. The number of likely N-dealkylation sites (N-methyl/N-ethyl adjacent to an activating group) is 1. The third-order valence-corrected chi connectivity index (χ3v) is 5.36. The number of pyridine rings is 2. The number of hydrogen-bond acceptors (Lipinski definition) is 8. The van der Waals surface area contributed by atoms with Gasteiger partial charge < -0.3 is 31.8 Å². The molecule has 0 aromatic carbocycles. The summed E-state index contributed by atoms with van der Waals surface area (Å²) in [6, 6.07) is 5.80. The molecule has 2 aromatic rings. The molecule has 0 fully saturated rings. The number of aromatic nitrogens is 2. The summed E-state index contributed by atoms with van der Waals surface area (Å²) in [5, 5.41) is 17.5. The minimum atomic E-state index is -0.454. The molecule has 1 atom stereocenters. The van der Waals surface area contributed by atoms with Gasteiger partial charge in [0.05, 0.1) is 17.6 Å². The molecule has 0 amide bonds. The Bertz CT molecular complexity index is 968. The summed E-state index contributed by atoms with van der Waals surface area (Å²) in [5.74, 6) is 1.44. The maximum absolute atomic E-state index is 7.86. The zero-order chi connectivity index (χ0) is 23.1. The van der Waals surface area contributed by atoms with Gasteiger partial charge in [0.2, 0.25) is 0 Å². The first-order valence-corrected chi connectivity index (χ1v) is 10.2. The highest BCUT2D eigenvalue weighted by Crippen LogP contribution is 2.28. The predicted molar refractivity (Wildman–Crippen MR) is 128 cm³/mol.